The molecule has 1 fully saturated rings. The molecule has 1 aliphatic rings. The number of rotatable bonds is 3. The Kier molecular flexibility index (Phi) is 4.74. The van der Waals surface area contributed by atoms with Crippen LogP contribution in [0.2, 0.25) is 0 Å². The molecule has 1 heterocycles. The monoisotopic (exact) mass is 326 g/mol. The summed E-state index contributed by atoms with van der Waals surface area (Å²) in [4.78, 5) is 14.9. The van der Waals surface area contributed by atoms with E-state index in [2.05, 4.69) is 32.0 Å². The number of nitrogens with two attached hydrogens (primary N) is 1. The van der Waals surface area contributed by atoms with Gasteiger partial charge in [0.1, 0.15) is 0 Å². The molecule has 1 amide bonds. The molecule has 1 aliphatic heterocycles. The molecular formula is C19H22N2OS. The van der Waals surface area contributed by atoms with Crippen LogP contribution >= 0.6 is 11.8 Å². The van der Waals surface area contributed by atoms with Crippen LogP contribution in [0.25, 0.3) is 11.1 Å². The topological polar surface area (TPSA) is 46.3 Å². The standard InChI is InChI=1S/C19H22N2OS/c1-13-7-8-15(9-14(13)2)17-5-3-4-6-18(17)19(22)21-12-23-11-16(21)10-20/h3-9,16H,10-12,20H2,1-2H3/t16-/m1/s1. The maximum atomic E-state index is 13.0. The molecule has 120 valence electrons. The summed E-state index contributed by atoms with van der Waals surface area (Å²) < 4.78 is 0. The number of nitrogens with zero attached hydrogens (tertiary/aromatic N) is 1. The first-order valence-corrected chi connectivity index (χ1v) is 9.02. The highest BCUT2D eigenvalue weighted by Gasteiger charge is 2.30. The summed E-state index contributed by atoms with van der Waals surface area (Å²) in [5.74, 6) is 1.73. The zero-order valence-electron chi connectivity index (χ0n) is 13.6. The predicted octanol–water partition coefficient (Wildman–Crippen LogP) is 3.44. The Hall–Kier alpha value is -1.78. The number of amides is 1. The lowest BCUT2D eigenvalue weighted by Crippen LogP contribution is -2.41. The molecule has 4 heteroatoms. The number of hydrogen-bond donors (Lipinski definition) is 1. The molecule has 2 aromatic carbocycles. The highest BCUT2D eigenvalue weighted by Crippen LogP contribution is 2.29. The van der Waals surface area contributed by atoms with Crippen LogP contribution in [0.4, 0.5) is 0 Å². The lowest BCUT2D eigenvalue weighted by Gasteiger charge is -2.24. The Bertz CT molecular complexity index is 729. The molecule has 23 heavy (non-hydrogen) atoms. The summed E-state index contributed by atoms with van der Waals surface area (Å²) in [7, 11) is 0. The van der Waals surface area contributed by atoms with Crippen molar-refractivity contribution in [3.05, 3.63) is 59.2 Å². The first kappa shape index (κ1) is 16.1. The normalized spacial score (nSPS) is 17.5. The highest BCUT2D eigenvalue weighted by atomic mass is 32.2. The second-order valence-electron chi connectivity index (χ2n) is 6.01. The minimum Gasteiger partial charge on any atom is -0.328 e. The lowest BCUT2D eigenvalue weighted by molar-refractivity contribution is 0.0753. The molecule has 3 nitrogen and oxygen atoms in total. The fourth-order valence-electron chi connectivity index (χ4n) is 2.89. The number of carbonyl (C=O) groups excluding carboxylic acids is 1. The Morgan fingerprint density at radius 2 is 2.00 bits per heavy atom. The Labute approximate surface area is 141 Å². The van der Waals surface area contributed by atoms with Crippen molar-refractivity contribution in [2.75, 3.05) is 18.2 Å². The largest absolute Gasteiger partial charge is 0.328 e. The van der Waals surface area contributed by atoms with Crippen molar-refractivity contribution in [3.8, 4) is 11.1 Å². The Morgan fingerprint density at radius 1 is 1.22 bits per heavy atom. The van der Waals surface area contributed by atoms with E-state index in [-0.39, 0.29) is 11.9 Å². The van der Waals surface area contributed by atoms with Crippen LogP contribution < -0.4 is 5.73 Å². The van der Waals surface area contributed by atoms with Crippen molar-refractivity contribution in [2.24, 2.45) is 5.73 Å². The van der Waals surface area contributed by atoms with Gasteiger partial charge < -0.3 is 10.6 Å². The van der Waals surface area contributed by atoms with E-state index in [1.807, 2.05) is 29.2 Å². The minimum absolute atomic E-state index is 0.0827. The third-order valence-electron chi connectivity index (χ3n) is 4.49. The first-order chi connectivity index (χ1) is 11.1. The van der Waals surface area contributed by atoms with Gasteiger partial charge in [-0.25, -0.2) is 0 Å². The second kappa shape index (κ2) is 6.77. The van der Waals surface area contributed by atoms with Gasteiger partial charge in [-0.3, -0.25) is 4.79 Å². The quantitative estimate of drug-likeness (QED) is 0.940. The molecule has 0 radical (unpaired) electrons. The van der Waals surface area contributed by atoms with Gasteiger partial charge >= 0.3 is 0 Å². The van der Waals surface area contributed by atoms with Gasteiger partial charge in [0.15, 0.2) is 0 Å². The minimum atomic E-state index is 0.0827. The van der Waals surface area contributed by atoms with Gasteiger partial charge in [0.05, 0.1) is 11.9 Å². The van der Waals surface area contributed by atoms with Crippen LogP contribution in [0.15, 0.2) is 42.5 Å². The third kappa shape index (κ3) is 3.14. The average molecular weight is 326 g/mol. The van der Waals surface area contributed by atoms with Gasteiger partial charge in [0.2, 0.25) is 0 Å². The van der Waals surface area contributed by atoms with E-state index in [0.29, 0.717) is 6.54 Å². The van der Waals surface area contributed by atoms with Crippen molar-refractivity contribution in [1.82, 2.24) is 4.90 Å². The summed E-state index contributed by atoms with van der Waals surface area (Å²) in [6.45, 7) is 4.72. The number of aryl methyl sites for hydroxylation is 2. The van der Waals surface area contributed by atoms with E-state index in [1.165, 1.54) is 11.1 Å². The molecule has 2 aromatic rings. The summed E-state index contributed by atoms with van der Waals surface area (Å²) in [5, 5.41) is 0. The van der Waals surface area contributed by atoms with E-state index in [1.54, 1.807) is 11.8 Å². The van der Waals surface area contributed by atoms with Crippen LogP contribution in [-0.2, 0) is 0 Å². The molecule has 0 spiro atoms. The average Bonchev–Trinajstić information content (AvgIpc) is 3.05. The Balaban J connectivity index is 2.00. The summed E-state index contributed by atoms with van der Waals surface area (Å²) in [6, 6.07) is 14.4. The van der Waals surface area contributed by atoms with Gasteiger partial charge in [-0.15, -0.1) is 11.8 Å². The second-order valence-corrected chi connectivity index (χ2v) is 7.01. The van der Waals surface area contributed by atoms with Crippen LogP contribution in [0, 0.1) is 13.8 Å². The highest BCUT2D eigenvalue weighted by molar-refractivity contribution is 7.99. The van der Waals surface area contributed by atoms with E-state index in [9.17, 15) is 4.79 Å². The third-order valence-corrected chi connectivity index (χ3v) is 5.57. The van der Waals surface area contributed by atoms with Gasteiger partial charge in [-0.05, 0) is 42.2 Å². The van der Waals surface area contributed by atoms with E-state index in [0.717, 1.165) is 28.3 Å². The predicted molar refractivity (Wildman–Crippen MR) is 97.7 cm³/mol. The van der Waals surface area contributed by atoms with Crippen LogP contribution in [0.1, 0.15) is 21.5 Å². The fraction of sp³-hybridized carbons (Fsp3) is 0.316. The van der Waals surface area contributed by atoms with Crippen LogP contribution in [-0.4, -0.2) is 35.0 Å². The van der Waals surface area contributed by atoms with Crippen molar-refractivity contribution < 1.29 is 4.79 Å². The van der Waals surface area contributed by atoms with E-state index in [4.69, 9.17) is 5.73 Å². The zero-order chi connectivity index (χ0) is 16.4. The van der Waals surface area contributed by atoms with E-state index >= 15 is 0 Å². The number of hydrogen-bond acceptors (Lipinski definition) is 3. The van der Waals surface area contributed by atoms with Crippen LogP contribution in [0.3, 0.4) is 0 Å². The maximum absolute atomic E-state index is 13.0. The summed E-state index contributed by atoms with van der Waals surface area (Å²) in [5.41, 5.74) is 11.2. The lowest BCUT2D eigenvalue weighted by atomic mass is 9.96. The molecule has 0 aromatic heterocycles. The molecule has 1 atom stereocenters. The maximum Gasteiger partial charge on any atom is 0.255 e. The van der Waals surface area contributed by atoms with Gasteiger partial charge in [0, 0.05) is 17.9 Å². The Morgan fingerprint density at radius 3 is 2.74 bits per heavy atom. The molecule has 2 N–H and O–H groups in total. The zero-order valence-corrected chi connectivity index (χ0v) is 14.4. The smallest absolute Gasteiger partial charge is 0.255 e. The van der Waals surface area contributed by atoms with Gasteiger partial charge in [-0.1, -0.05) is 36.4 Å². The number of thioether (sulfide) groups is 1. The van der Waals surface area contributed by atoms with Crippen molar-refractivity contribution in [3.63, 3.8) is 0 Å². The molecule has 3 rings (SSSR count). The molecular weight excluding hydrogens is 304 g/mol. The number of carbonyl (C=O) groups is 1. The summed E-state index contributed by atoms with van der Waals surface area (Å²) in [6.07, 6.45) is 0. The van der Waals surface area contributed by atoms with Crippen molar-refractivity contribution in [1.29, 1.82) is 0 Å². The first-order valence-electron chi connectivity index (χ1n) is 7.87. The molecule has 0 bridgehead atoms. The SMILES string of the molecule is Cc1ccc(-c2ccccc2C(=O)N2CSC[C@H]2CN)cc1C. The molecule has 0 saturated carbocycles. The number of benzene rings is 2. The van der Waals surface area contributed by atoms with Gasteiger partial charge in [0.25, 0.3) is 5.91 Å². The molecule has 0 aliphatic carbocycles. The summed E-state index contributed by atoms with van der Waals surface area (Å²) >= 11 is 1.77. The van der Waals surface area contributed by atoms with Crippen molar-refractivity contribution >= 4 is 17.7 Å². The van der Waals surface area contributed by atoms with E-state index < -0.39 is 0 Å². The molecule has 1 saturated heterocycles. The fourth-order valence-corrected chi connectivity index (χ4v) is 4.11. The molecule has 0 unspecified atom stereocenters. The van der Waals surface area contributed by atoms with Crippen molar-refractivity contribution in [2.45, 2.75) is 19.9 Å². The van der Waals surface area contributed by atoms with Gasteiger partial charge in [-0.2, -0.15) is 0 Å². The van der Waals surface area contributed by atoms with Crippen LogP contribution in [0.5, 0.6) is 0 Å².